The van der Waals surface area contributed by atoms with Crippen molar-refractivity contribution in [2.45, 2.75) is 25.7 Å². The average molecular weight is 220 g/mol. The fourth-order valence-electron chi connectivity index (χ4n) is 1.87. The van der Waals surface area contributed by atoms with Crippen LogP contribution >= 0.6 is 0 Å². The maximum Gasteiger partial charge on any atom is 0.417 e. The molecule has 0 saturated heterocycles. The Morgan fingerprint density at radius 1 is 1.44 bits per heavy atom. The lowest BCUT2D eigenvalue weighted by atomic mass is 9.81. The maximum absolute atomic E-state index is 11.0. The molecule has 0 aliphatic carbocycles. The highest BCUT2D eigenvalue weighted by Gasteiger charge is 2.20. The molecule has 0 aliphatic rings. The first-order valence-electron chi connectivity index (χ1n) is 5.36. The molecule has 16 heavy (non-hydrogen) atoms. The smallest absolute Gasteiger partial charge is 0.408 e. The van der Waals surface area contributed by atoms with E-state index in [4.69, 9.17) is 10.2 Å². The van der Waals surface area contributed by atoms with Crippen molar-refractivity contribution in [3.63, 3.8) is 0 Å². The van der Waals surface area contributed by atoms with E-state index in [0.29, 0.717) is 12.1 Å². The summed E-state index contributed by atoms with van der Waals surface area (Å²) in [5, 5.41) is 0. The second-order valence-electron chi connectivity index (χ2n) is 4.65. The zero-order chi connectivity index (χ0) is 11.8. The van der Waals surface area contributed by atoms with Crippen LogP contribution in [0, 0.1) is 0 Å². The summed E-state index contributed by atoms with van der Waals surface area (Å²) in [5.74, 6) is -0.413. The summed E-state index contributed by atoms with van der Waals surface area (Å²) in [4.78, 5) is 13.7. The molecule has 0 bridgehead atoms. The summed E-state index contributed by atoms with van der Waals surface area (Å²) in [5.41, 5.74) is 8.06. The highest BCUT2D eigenvalue weighted by atomic mass is 16.4. The van der Waals surface area contributed by atoms with Crippen molar-refractivity contribution in [1.82, 2.24) is 4.98 Å². The molecular weight excluding hydrogens is 204 g/mol. The predicted molar refractivity (Wildman–Crippen MR) is 63.5 cm³/mol. The molecule has 1 aromatic heterocycles. The summed E-state index contributed by atoms with van der Waals surface area (Å²) >= 11 is 0. The van der Waals surface area contributed by atoms with E-state index in [1.165, 1.54) is 0 Å². The number of hydrogen-bond acceptors (Lipinski definition) is 3. The van der Waals surface area contributed by atoms with E-state index in [1.807, 2.05) is 18.2 Å². The third-order valence-corrected chi connectivity index (χ3v) is 2.97. The molecule has 1 heterocycles. The second kappa shape index (κ2) is 3.79. The van der Waals surface area contributed by atoms with Gasteiger partial charge in [-0.05, 0) is 36.1 Å². The first-order chi connectivity index (χ1) is 7.53. The third kappa shape index (κ3) is 1.88. The number of nitrogens with one attached hydrogen (secondary N) is 1. The van der Waals surface area contributed by atoms with Crippen LogP contribution in [-0.4, -0.2) is 11.5 Å². The maximum atomic E-state index is 11.0. The number of fused-ring (bicyclic) bond motifs is 1. The van der Waals surface area contributed by atoms with Crippen molar-refractivity contribution < 1.29 is 4.42 Å². The quantitative estimate of drug-likeness (QED) is 0.827. The van der Waals surface area contributed by atoms with E-state index in [-0.39, 0.29) is 5.41 Å². The van der Waals surface area contributed by atoms with E-state index >= 15 is 0 Å². The number of H-pyrrole nitrogens is 1. The molecule has 0 amide bonds. The van der Waals surface area contributed by atoms with Gasteiger partial charge in [0.1, 0.15) is 0 Å². The minimum absolute atomic E-state index is 0.00121. The van der Waals surface area contributed by atoms with Crippen LogP contribution in [0.4, 0.5) is 0 Å². The molecule has 0 unspecified atom stereocenters. The molecule has 86 valence electrons. The zero-order valence-electron chi connectivity index (χ0n) is 9.54. The molecule has 0 spiro atoms. The molecule has 0 radical (unpaired) electrons. The number of hydrogen-bond donors (Lipinski definition) is 2. The lowest BCUT2D eigenvalue weighted by Crippen LogP contribution is -2.21. The molecule has 0 atom stereocenters. The van der Waals surface area contributed by atoms with E-state index in [0.717, 1.165) is 17.5 Å². The van der Waals surface area contributed by atoms with E-state index in [2.05, 4.69) is 18.8 Å². The largest absolute Gasteiger partial charge is 0.417 e. The van der Waals surface area contributed by atoms with Crippen LogP contribution in [0.15, 0.2) is 27.4 Å². The van der Waals surface area contributed by atoms with Crippen molar-refractivity contribution in [3.05, 3.63) is 34.3 Å². The van der Waals surface area contributed by atoms with Gasteiger partial charge in [-0.2, -0.15) is 0 Å². The Labute approximate surface area is 93.5 Å². The van der Waals surface area contributed by atoms with E-state index < -0.39 is 5.76 Å². The normalized spacial score (nSPS) is 12.2. The molecule has 1 aromatic carbocycles. The minimum Gasteiger partial charge on any atom is -0.408 e. The monoisotopic (exact) mass is 220 g/mol. The van der Waals surface area contributed by atoms with Gasteiger partial charge >= 0.3 is 5.76 Å². The van der Waals surface area contributed by atoms with Crippen LogP contribution in [-0.2, 0) is 5.41 Å². The van der Waals surface area contributed by atoms with Crippen LogP contribution in [0.5, 0.6) is 0 Å². The fourth-order valence-corrected chi connectivity index (χ4v) is 1.87. The lowest BCUT2D eigenvalue weighted by molar-refractivity contribution is 0.486. The van der Waals surface area contributed by atoms with E-state index in [9.17, 15) is 4.79 Å². The minimum atomic E-state index is -0.413. The van der Waals surface area contributed by atoms with Gasteiger partial charge in [-0.1, -0.05) is 19.9 Å². The van der Waals surface area contributed by atoms with Crippen molar-refractivity contribution in [3.8, 4) is 0 Å². The Hall–Kier alpha value is -1.55. The Kier molecular flexibility index (Phi) is 2.59. The number of aromatic nitrogens is 1. The Bertz CT molecular complexity index is 551. The van der Waals surface area contributed by atoms with Crippen molar-refractivity contribution in [1.29, 1.82) is 0 Å². The first-order valence-corrected chi connectivity index (χ1v) is 5.36. The van der Waals surface area contributed by atoms with Gasteiger partial charge in [0.25, 0.3) is 0 Å². The van der Waals surface area contributed by atoms with Gasteiger partial charge in [-0.3, -0.25) is 4.98 Å². The highest BCUT2D eigenvalue weighted by molar-refractivity contribution is 5.73. The highest BCUT2D eigenvalue weighted by Crippen LogP contribution is 2.28. The fraction of sp³-hybridized carbons (Fsp3) is 0.417. The summed E-state index contributed by atoms with van der Waals surface area (Å²) in [6.07, 6.45) is 0.896. The molecule has 0 aliphatic heterocycles. The Morgan fingerprint density at radius 2 is 2.19 bits per heavy atom. The zero-order valence-corrected chi connectivity index (χ0v) is 9.54. The third-order valence-electron chi connectivity index (χ3n) is 2.97. The van der Waals surface area contributed by atoms with Gasteiger partial charge in [0, 0.05) is 0 Å². The summed E-state index contributed by atoms with van der Waals surface area (Å²) < 4.78 is 5.04. The molecule has 0 fully saturated rings. The average Bonchev–Trinajstić information content (AvgIpc) is 2.56. The molecule has 4 nitrogen and oxygen atoms in total. The number of benzene rings is 1. The summed E-state index contributed by atoms with van der Waals surface area (Å²) in [6.45, 7) is 4.90. The molecule has 2 rings (SSSR count). The summed E-state index contributed by atoms with van der Waals surface area (Å²) in [6, 6.07) is 5.78. The SMILES string of the molecule is CC(C)(CCN)c1ccc2[nH]c(=O)oc2c1. The molecule has 3 N–H and O–H groups in total. The molecule has 0 saturated carbocycles. The van der Waals surface area contributed by atoms with Crippen LogP contribution < -0.4 is 11.5 Å². The molecule has 4 heteroatoms. The van der Waals surface area contributed by atoms with Crippen molar-refractivity contribution >= 4 is 11.1 Å². The van der Waals surface area contributed by atoms with Crippen LogP contribution in [0.2, 0.25) is 0 Å². The van der Waals surface area contributed by atoms with Gasteiger partial charge in [-0.25, -0.2) is 4.79 Å². The number of oxazole rings is 1. The van der Waals surface area contributed by atoms with Gasteiger partial charge < -0.3 is 10.2 Å². The molecular formula is C12H16N2O2. The van der Waals surface area contributed by atoms with Crippen molar-refractivity contribution in [2.75, 3.05) is 6.54 Å². The Morgan fingerprint density at radius 3 is 2.88 bits per heavy atom. The number of aromatic amines is 1. The van der Waals surface area contributed by atoms with Gasteiger partial charge in [0.2, 0.25) is 0 Å². The Balaban J connectivity index is 2.49. The lowest BCUT2D eigenvalue weighted by Gasteiger charge is -2.24. The van der Waals surface area contributed by atoms with Gasteiger partial charge in [0.15, 0.2) is 5.58 Å². The second-order valence-corrected chi connectivity index (χ2v) is 4.65. The van der Waals surface area contributed by atoms with Gasteiger partial charge in [0.05, 0.1) is 5.52 Å². The van der Waals surface area contributed by atoms with Crippen LogP contribution in [0.25, 0.3) is 11.1 Å². The van der Waals surface area contributed by atoms with Crippen molar-refractivity contribution in [2.24, 2.45) is 5.73 Å². The van der Waals surface area contributed by atoms with Gasteiger partial charge in [-0.15, -0.1) is 0 Å². The summed E-state index contributed by atoms with van der Waals surface area (Å²) in [7, 11) is 0. The molecule has 2 aromatic rings. The van der Waals surface area contributed by atoms with Crippen LogP contribution in [0.1, 0.15) is 25.8 Å². The predicted octanol–water partition coefficient (Wildman–Crippen LogP) is 1.75. The standard InChI is InChI=1S/C12H16N2O2/c1-12(2,5-6-13)8-3-4-9-10(7-8)16-11(15)14-9/h3-4,7H,5-6,13H2,1-2H3,(H,14,15). The van der Waals surface area contributed by atoms with Crippen LogP contribution in [0.3, 0.4) is 0 Å². The topological polar surface area (TPSA) is 72.0 Å². The first kappa shape index (κ1) is 11.0. The number of nitrogens with two attached hydrogens (primary N) is 1. The van der Waals surface area contributed by atoms with E-state index in [1.54, 1.807) is 0 Å². The number of rotatable bonds is 3.